The van der Waals surface area contributed by atoms with Crippen molar-refractivity contribution in [2.24, 2.45) is 11.8 Å². The van der Waals surface area contributed by atoms with Gasteiger partial charge >= 0.3 is 0 Å². The first-order valence-electron chi connectivity index (χ1n) is 18.0. The molecule has 0 saturated carbocycles. The van der Waals surface area contributed by atoms with E-state index in [-0.39, 0.29) is 24.3 Å². The van der Waals surface area contributed by atoms with Crippen LogP contribution in [-0.4, -0.2) is 82.7 Å². The summed E-state index contributed by atoms with van der Waals surface area (Å²) in [5.74, 6) is -1.58. The number of benzene rings is 3. The summed E-state index contributed by atoms with van der Waals surface area (Å²) >= 11 is 1.54. The van der Waals surface area contributed by atoms with E-state index in [4.69, 9.17) is 4.74 Å². The van der Waals surface area contributed by atoms with Gasteiger partial charge in [-0.3, -0.25) is 14.4 Å². The van der Waals surface area contributed by atoms with E-state index in [0.717, 1.165) is 30.0 Å². The van der Waals surface area contributed by atoms with Crippen LogP contribution in [0, 0.1) is 11.8 Å². The standard InChI is InChI=1S/C41H46N4O5S/c1-5-42(6-2)29-15-17-30(18-16-29)44-26-12-24-41-35(38(48)45(36(41)39(44)49)33(27-46)28-13-9-8-10-14-28)34-37(47)43(25-11-23-40(34,4)51-41)31-19-21-32(22-20-31)50-7-3/h8-24,33-36,46H,5-7,25-27H2,1-4H3/t33-,34+,35+,36?,40-,41+/m1/s1. The molecule has 6 atom stereocenters. The molecule has 4 aliphatic rings. The van der Waals surface area contributed by atoms with Crippen LogP contribution >= 0.6 is 11.8 Å². The number of likely N-dealkylation sites (tertiary alicyclic amines) is 1. The van der Waals surface area contributed by atoms with E-state index in [2.05, 4.69) is 24.8 Å². The number of carbonyl (C=O) groups is 3. The second-order valence-corrected chi connectivity index (χ2v) is 15.5. The second kappa shape index (κ2) is 13.9. The SMILES string of the molecule is CCOc1ccc(N2CC=C[C@@]3(C)S[C@]45C=CCN(c6ccc(N(CC)CC)cc6)C(=O)C4N([C@H](CO)c4ccccc4)C(=O)[C@@H]5[C@H]3C2=O)cc1. The molecule has 4 aliphatic heterocycles. The van der Waals surface area contributed by atoms with Gasteiger partial charge in [0.2, 0.25) is 11.8 Å². The Kier molecular flexibility index (Phi) is 9.50. The van der Waals surface area contributed by atoms with Crippen LogP contribution < -0.4 is 19.4 Å². The molecular formula is C41H46N4O5S. The summed E-state index contributed by atoms with van der Waals surface area (Å²) in [6, 6.07) is 23.1. The fourth-order valence-electron chi connectivity index (χ4n) is 8.61. The molecule has 7 rings (SSSR count). The predicted molar refractivity (Wildman–Crippen MR) is 203 cm³/mol. The molecule has 3 amide bonds. The Labute approximate surface area is 304 Å². The topological polar surface area (TPSA) is 93.6 Å². The number of carbonyl (C=O) groups excluding carboxylic acids is 3. The number of ether oxygens (including phenoxy) is 1. The quantitative estimate of drug-likeness (QED) is 0.264. The third-order valence-corrected chi connectivity index (χ3v) is 12.7. The normalized spacial score (nSPS) is 27.5. The maximum Gasteiger partial charge on any atom is 0.251 e. The van der Waals surface area contributed by atoms with Crippen molar-refractivity contribution in [1.29, 1.82) is 0 Å². The zero-order chi connectivity index (χ0) is 35.9. The molecule has 2 fully saturated rings. The van der Waals surface area contributed by atoms with Crippen LogP contribution in [-0.2, 0) is 14.4 Å². The summed E-state index contributed by atoms with van der Waals surface area (Å²) in [6.45, 7) is 10.7. The molecule has 51 heavy (non-hydrogen) atoms. The molecule has 3 aromatic carbocycles. The van der Waals surface area contributed by atoms with Gasteiger partial charge in [0.25, 0.3) is 5.91 Å². The molecule has 0 radical (unpaired) electrons. The lowest BCUT2D eigenvalue weighted by Crippen LogP contribution is -2.54. The zero-order valence-corrected chi connectivity index (χ0v) is 30.5. The molecule has 0 aliphatic carbocycles. The number of fused-ring (bicyclic) bond motifs is 2. The van der Waals surface area contributed by atoms with E-state index in [0.29, 0.717) is 31.1 Å². The molecule has 3 aromatic rings. The van der Waals surface area contributed by atoms with Gasteiger partial charge in [-0.05, 0) is 81.8 Å². The van der Waals surface area contributed by atoms with E-state index in [1.807, 2.05) is 111 Å². The Morgan fingerprint density at radius 3 is 2.02 bits per heavy atom. The number of aliphatic hydroxyl groups excluding tert-OH is 1. The molecule has 0 aromatic heterocycles. The van der Waals surface area contributed by atoms with E-state index in [9.17, 15) is 9.90 Å². The Morgan fingerprint density at radius 1 is 0.804 bits per heavy atom. The Balaban J connectivity index is 1.33. The summed E-state index contributed by atoms with van der Waals surface area (Å²) in [5.41, 5.74) is 3.25. The molecule has 266 valence electrons. The van der Waals surface area contributed by atoms with Crippen molar-refractivity contribution < 1.29 is 24.2 Å². The Hall–Kier alpha value is -4.54. The van der Waals surface area contributed by atoms with Crippen molar-refractivity contribution in [1.82, 2.24) is 4.90 Å². The van der Waals surface area contributed by atoms with Crippen molar-refractivity contribution in [3.8, 4) is 5.75 Å². The summed E-state index contributed by atoms with van der Waals surface area (Å²) in [7, 11) is 0. The lowest BCUT2D eigenvalue weighted by Gasteiger charge is -2.40. The van der Waals surface area contributed by atoms with Crippen LogP contribution in [0.4, 0.5) is 17.1 Å². The van der Waals surface area contributed by atoms with Crippen molar-refractivity contribution >= 4 is 46.5 Å². The number of amides is 3. The highest BCUT2D eigenvalue weighted by molar-refractivity contribution is 8.02. The number of nitrogens with zero attached hydrogens (tertiary/aromatic N) is 4. The molecule has 2 saturated heterocycles. The van der Waals surface area contributed by atoms with Crippen molar-refractivity contribution in [2.75, 3.05) is 54.1 Å². The average Bonchev–Trinajstić information content (AvgIpc) is 3.41. The van der Waals surface area contributed by atoms with E-state index >= 15 is 9.59 Å². The number of hydrogen-bond acceptors (Lipinski definition) is 7. The van der Waals surface area contributed by atoms with Crippen LogP contribution in [0.5, 0.6) is 5.75 Å². The highest BCUT2D eigenvalue weighted by atomic mass is 32.2. The molecule has 0 bridgehead atoms. The summed E-state index contributed by atoms with van der Waals surface area (Å²) in [5, 5.41) is 11.0. The third-order valence-electron chi connectivity index (χ3n) is 10.9. The second-order valence-electron chi connectivity index (χ2n) is 13.7. The van der Waals surface area contributed by atoms with Crippen LogP contribution in [0.2, 0.25) is 0 Å². The Morgan fingerprint density at radius 2 is 1.41 bits per heavy atom. The fourth-order valence-corrected chi connectivity index (χ4v) is 10.8. The minimum atomic E-state index is -1.06. The minimum absolute atomic E-state index is 0.163. The van der Waals surface area contributed by atoms with Crippen molar-refractivity contribution in [2.45, 2.75) is 49.3 Å². The van der Waals surface area contributed by atoms with Crippen LogP contribution in [0.25, 0.3) is 0 Å². The van der Waals surface area contributed by atoms with Crippen LogP contribution in [0.3, 0.4) is 0 Å². The highest BCUT2D eigenvalue weighted by Crippen LogP contribution is 2.66. The van der Waals surface area contributed by atoms with E-state index in [1.165, 1.54) is 0 Å². The van der Waals surface area contributed by atoms with Gasteiger partial charge < -0.3 is 29.4 Å². The minimum Gasteiger partial charge on any atom is -0.494 e. The molecule has 10 heteroatoms. The monoisotopic (exact) mass is 706 g/mol. The van der Waals surface area contributed by atoms with Crippen molar-refractivity contribution in [3.63, 3.8) is 0 Å². The summed E-state index contributed by atoms with van der Waals surface area (Å²) in [4.78, 5) is 52.6. The number of hydrogen-bond donors (Lipinski definition) is 1. The first-order valence-corrected chi connectivity index (χ1v) is 18.8. The van der Waals surface area contributed by atoms with Gasteiger partial charge in [0.1, 0.15) is 11.8 Å². The highest BCUT2D eigenvalue weighted by Gasteiger charge is 2.74. The van der Waals surface area contributed by atoms with Gasteiger partial charge in [0.05, 0.1) is 35.8 Å². The third kappa shape index (κ3) is 5.73. The molecule has 1 N–H and O–H groups in total. The predicted octanol–water partition coefficient (Wildman–Crippen LogP) is 5.86. The van der Waals surface area contributed by atoms with E-state index in [1.54, 1.807) is 26.5 Å². The van der Waals surface area contributed by atoms with Crippen molar-refractivity contribution in [3.05, 3.63) is 109 Å². The molecule has 1 unspecified atom stereocenters. The molecule has 1 spiro atoms. The van der Waals surface area contributed by atoms with E-state index < -0.39 is 33.4 Å². The van der Waals surface area contributed by atoms with Gasteiger partial charge in [-0.15, -0.1) is 11.8 Å². The van der Waals surface area contributed by atoms with Gasteiger partial charge in [-0.1, -0.05) is 54.6 Å². The van der Waals surface area contributed by atoms with Gasteiger partial charge in [0.15, 0.2) is 0 Å². The maximum absolute atomic E-state index is 15.2. The number of anilines is 3. The fraction of sp³-hybridized carbons (Fsp3) is 0.390. The first-order chi connectivity index (χ1) is 24.7. The lowest BCUT2D eigenvalue weighted by molar-refractivity contribution is -0.142. The largest absolute Gasteiger partial charge is 0.494 e. The first kappa shape index (κ1) is 34.9. The van der Waals surface area contributed by atoms with Crippen LogP contribution in [0.1, 0.15) is 39.3 Å². The Bertz CT molecular complexity index is 1830. The zero-order valence-electron chi connectivity index (χ0n) is 29.6. The molecular weight excluding hydrogens is 661 g/mol. The number of aliphatic hydroxyl groups is 1. The molecule has 4 heterocycles. The number of thioether (sulfide) groups is 1. The van der Waals surface area contributed by atoms with Crippen LogP contribution in [0.15, 0.2) is 103 Å². The lowest BCUT2D eigenvalue weighted by atomic mass is 9.74. The smallest absolute Gasteiger partial charge is 0.251 e. The number of rotatable bonds is 10. The molecule has 9 nitrogen and oxygen atoms in total. The average molecular weight is 707 g/mol. The summed E-state index contributed by atoms with van der Waals surface area (Å²) in [6.07, 6.45) is 8.07. The van der Waals surface area contributed by atoms with Gasteiger partial charge in [0, 0.05) is 48.0 Å². The van der Waals surface area contributed by atoms with Gasteiger partial charge in [-0.2, -0.15) is 0 Å². The maximum atomic E-state index is 15.2. The van der Waals surface area contributed by atoms with Gasteiger partial charge in [-0.25, -0.2) is 0 Å². The summed E-state index contributed by atoms with van der Waals surface area (Å²) < 4.78 is 3.82.